The van der Waals surface area contributed by atoms with Crippen molar-refractivity contribution < 1.29 is 4.74 Å². The second kappa shape index (κ2) is 8.85. The van der Waals surface area contributed by atoms with Gasteiger partial charge in [0.05, 0.1) is 30.0 Å². The predicted octanol–water partition coefficient (Wildman–Crippen LogP) is 4.41. The maximum Gasteiger partial charge on any atom is 0.260 e. The number of morpholine rings is 1. The van der Waals surface area contributed by atoms with Crippen LogP contribution in [0.3, 0.4) is 0 Å². The number of thiazole rings is 1. The van der Waals surface area contributed by atoms with Gasteiger partial charge in [0, 0.05) is 57.7 Å². The standard InChI is InChI=1S/C25H24ClN5O2S/c1-14-28-10-17-8-20(25(32)31(23(17)29-14)12-18-11-27-6-7-33-18)19-5-4-16(9-21(19)26)22-13-34-24(30-22)15-2-3-15/h4-5,8-10,13,15,18,27H,2-3,6-7,11-12H2,1H3/t18-/m0/s1. The van der Waals surface area contributed by atoms with Crippen molar-refractivity contribution >= 4 is 34.0 Å². The fourth-order valence-electron chi connectivity index (χ4n) is 4.38. The molecule has 2 fully saturated rings. The first-order valence-corrected chi connectivity index (χ1v) is 12.8. The second-order valence-corrected chi connectivity index (χ2v) is 10.2. The van der Waals surface area contributed by atoms with Crippen LogP contribution in [0, 0.1) is 6.92 Å². The maximum atomic E-state index is 13.7. The summed E-state index contributed by atoms with van der Waals surface area (Å²) < 4.78 is 7.57. The summed E-state index contributed by atoms with van der Waals surface area (Å²) in [7, 11) is 0. The SMILES string of the molecule is Cc1ncc2cc(-c3ccc(-c4csc(C5CC5)n4)cc3Cl)c(=O)n(C[C@@H]3CNCCO3)c2n1. The number of aryl methyl sites for hydroxylation is 1. The molecule has 0 bridgehead atoms. The molecule has 1 atom stereocenters. The van der Waals surface area contributed by atoms with Crippen LogP contribution >= 0.6 is 22.9 Å². The number of ether oxygens (including phenoxy) is 1. The number of benzene rings is 1. The van der Waals surface area contributed by atoms with Gasteiger partial charge in [0.25, 0.3) is 5.56 Å². The van der Waals surface area contributed by atoms with Crippen molar-refractivity contribution in [3.8, 4) is 22.4 Å². The topological polar surface area (TPSA) is 81.9 Å². The lowest BCUT2D eigenvalue weighted by Gasteiger charge is -2.25. The number of aromatic nitrogens is 4. The van der Waals surface area contributed by atoms with Crippen molar-refractivity contribution in [1.29, 1.82) is 0 Å². The average molecular weight is 494 g/mol. The minimum absolute atomic E-state index is 0.108. The van der Waals surface area contributed by atoms with E-state index in [2.05, 4.69) is 20.7 Å². The van der Waals surface area contributed by atoms with Crippen LogP contribution in [0.4, 0.5) is 0 Å². The zero-order chi connectivity index (χ0) is 23.2. The van der Waals surface area contributed by atoms with Crippen LogP contribution in [-0.2, 0) is 11.3 Å². The number of hydrogen-bond donors (Lipinski definition) is 1. The minimum Gasteiger partial charge on any atom is -0.374 e. The Morgan fingerprint density at radius 1 is 1.24 bits per heavy atom. The molecule has 0 radical (unpaired) electrons. The number of rotatable bonds is 5. The van der Waals surface area contributed by atoms with Crippen molar-refractivity contribution in [2.45, 2.75) is 38.3 Å². The molecule has 2 aliphatic rings. The molecule has 1 saturated carbocycles. The molecule has 1 aliphatic carbocycles. The number of fused-ring (bicyclic) bond motifs is 1. The zero-order valence-corrected chi connectivity index (χ0v) is 20.3. The highest BCUT2D eigenvalue weighted by Gasteiger charge is 2.27. The number of nitrogens with zero attached hydrogens (tertiary/aromatic N) is 4. The number of halogens is 1. The van der Waals surface area contributed by atoms with Gasteiger partial charge in [0.2, 0.25) is 0 Å². The lowest BCUT2D eigenvalue weighted by atomic mass is 10.0. The van der Waals surface area contributed by atoms with Crippen molar-refractivity contribution in [1.82, 2.24) is 24.8 Å². The van der Waals surface area contributed by atoms with E-state index < -0.39 is 0 Å². The van der Waals surface area contributed by atoms with Gasteiger partial charge in [-0.15, -0.1) is 11.3 Å². The summed E-state index contributed by atoms with van der Waals surface area (Å²) in [5.74, 6) is 1.24. The van der Waals surface area contributed by atoms with E-state index in [0.717, 1.165) is 23.2 Å². The van der Waals surface area contributed by atoms with Gasteiger partial charge in [-0.25, -0.2) is 15.0 Å². The Balaban J connectivity index is 1.42. The summed E-state index contributed by atoms with van der Waals surface area (Å²) in [5.41, 5.74) is 3.57. The van der Waals surface area contributed by atoms with E-state index in [4.69, 9.17) is 21.3 Å². The van der Waals surface area contributed by atoms with Gasteiger partial charge in [-0.1, -0.05) is 23.7 Å². The highest BCUT2D eigenvalue weighted by Crippen LogP contribution is 2.42. The van der Waals surface area contributed by atoms with E-state index in [1.54, 1.807) is 22.1 Å². The highest BCUT2D eigenvalue weighted by atomic mass is 35.5. The largest absolute Gasteiger partial charge is 0.374 e. The lowest BCUT2D eigenvalue weighted by molar-refractivity contribution is 0.0183. The molecular formula is C25H24ClN5O2S. The summed E-state index contributed by atoms with van der Waals surface area (Å²) in [6.07, 6.45) is 4.11. The van der Waals surface area contributed by atoms with Crippen LogP contribution in [0.1, 0.15) is 29.6 Å². The molecule has 7 nitrogen and oxygen atoms in total. The number of nitrogens with one attached hydrogen (secondary N) is 1. The first-order chi connectivity index (χ1) is 16.6. The summed E-state index contributed by atoms with van der Waals surface area (Å²) in [4.78, 5) is 27.4. The molecule has 4 aromatic rings. The molecule has 34 heavy (non-hydrogen) atoms. The fourth-order valence-corrected chi connectivity index (χ4v) is 5.66. The summed E-state index contributed by atoms with van der Waals surface area (Å²) >= 11 is 8.46. The van der Waals surface area contributed by atoms with Crippen LogP contribution in [0.2, 0.25) is 5.02 Å². The van der Waals surface area contributed by atoms with Crippen molar-refractivity contribution in [3.63, 3.8) is 0 Å². The molecule has 6 rings (SSSR count). The Bertz CT molecular complexity index is 1440. The summed E-state index contributed by atoms with van der Waals surface area (Å²) in [6.45, 7) is 4.36. The van der Waals surface area contributed by atoms with E-state index >= 15 is 0 Å². The maximum absolute atomic E-state index is 13.7. The molecule has 1 aromatic carbocycles. The van der Waals surface area contributed by atoms with Crippen LogP contribution < -0.4 is 10.9 Å². The summed E-state index contributed by atoms with van der Waals surface area (Å²) in [5, 5.41) is 7.91. The van der Waals surface area contributed by atoms with Crippen molar-refractivity contribution in [2.24, 2.45) is 0 Å². The summed E-state index contributed by atoms with van der Waals surface area (Å²) in [6, 6.07) is 7.63. The average Bonchev–Trinajstić information content (AvgIpc) is 3.58. The van der Waals surface area contributed by atoms with Gasteiger partial charge in [0.15, 0.2) is 0 Å². The van der Waals surface area contributed by atoms with Gasteiger partial charge < -0.3 is 10.1 Å². The normalized spacial score (nSPS) is 18.5. The minimum atomic E-state index is -0.140. The van der Waals surface area contributed by atoms with Gasteiger partial charge in [-0.3, -0.25) is 9.36 Å². The molecule has 174 valence electrons. The third-order valence-electron chi connectivity index (χ3n) is 6.34. The molecule has 0 unspecified atom stereocenters. The smallest absolute Gasteiger partial charge is 0.260 e. The molecular weight excluding hydrogens is 470 g/mol. The number of hydrogen-bond acceptors (Lipinski definition) is 7. The molecule has 4 heterocycles. The predicted molar refractivity (Wildman–Crippen MR) is 135 cm³/mol. The molecule has 9 heteroatoms. The fraction of sp³-hybridized carbons (Fsp3) is 0.360. The van der Waals surface area contributed by atoms with Crippen molar-refractivity contribution in [2.75, 3.05) is 19.7 Å². The van der Waals surface area contributed by atoms with Crippen LogP contribution in [0.25, 0.3) is 33.4 Å². The van der Waals surface area contributed by atoms with E-state index in [1.807, 2.05) is 31.2 Å². The second-order valence-electron chi connectivity index (χ2n) is 8.91. The number of pyridine rings is 1. The lowest BCUT2D eigenvalue weighted by Crippen LogP contribution is -2.42. The Labute approximate surface area is 205 Å². The third-order valence-corrected chi connectivity index (χ3v) is 7.66. The van der Waals surface area contributed by atoms with E-state index in [1.165, 1.54) is 17.8 Å². The molecule has 1 saturated heterocycles. The third kappa shape index (κ3) is 4.15. The van der Waals surface area contributed by atoms with Gasteiger partial charge in [-0.2, -0.15) is 0 Å². The quantitative estimate of drug-likeness (QED) is 0.443. The van der Waals surface area contributed by atoms with Crippen molar-refractivity contribution in [3.05, 3.63) is 62.1 Å². The van der Waals surface area contributed by atoms with Gasteiger partial charge in [0.1, 0.15) is 11.5 Å². The molecule has 1 N–H and O–H groups in total. The van der Waals surface area contributed by atoms with E-state index in [0.29, 0.717) is 53.2 Å². The highest BCUT2D eigenvalue weighted by molar-refractivity contribution is 7.10. The molecule has 0 spiro atoms. The van der Waals surface area contributed by atoms with Crippen LogP contribution in [-0.4, -0.2) is 45.3 Å². The molecule has 0 amide bonds. The first-order valence-electron chi connectivity index (χ1n) is 11.5. The van der Waals surface area contributed by atoms with Crippen LogP contribution in [0.15, 0.2) is 40.6 Å². The Morgan fingerprint density at radius 2 is 2.12 bits per heavy atom. The first kappa shape index (κ1) is 21.9. The Hall–Kier alpha value is -2.65. The van der Waals surface area contributed by atoms with Gasteiger partial charge in [-0.05, 0) is 31.9 Å². The Morgan fingerprint density at radius 3 is 2.88 bits per heavy atom. The van der Waals surface area contributed by atoms with E-state index in [9.17, 15) is 4.79 Å². The van der Waals surface area contributed by atoms with E-state index in [-0.39, 0.29) is 11.7 Å². The Kier molecular flexibility index (Phi) is 5.69. The zero-order valence-electron chi connectivity index (χ0n) is 18.8. The van der Waals surface area contributed by atoms with Crippen LogP contribution in [0.5, 0.6) is 0 Å². The monoisotopic (exact) mass is 493 g/mol. The molecule has 3 aromatic heterocycles. The molecule has 1 aliphatic heterocycles. The van der Waals surface area contributed by atoms with Gasteiger partial charge >= 0.3 is 0 Å².